The Bertz CT molecular complexity index is 349. The predicted octanol–water partition coefficient (Wildman–Crippen LogP) is 2.97. The number of nitrogens with one attached hydrogen (secondary N) is 1. The van der Waals surface area contributed by atoms with Gasteiger partial charge in [-0.25, -0.2) is 4.98 Å². The number of hydrogen-bond donors (Lipinski definition) is 1. The summed E-state index contributed by atoms with van der Waals surface area (Å²) in [6, 6.07) is 2.44. The van der Waals surface area contributed by atoms with Gasteiger partial charge in [-0.1, -0.05) is 6.08 Å². The summed E-state index contributed by atoms with van der Waals surface area (Å²) in [4.78, 5) is 3.76. The van der Waals surface area contributed by atoms with Crippen molar-refractivity contribution in [3.05, 3.63) is 36.5 Å². The Hall–Kier alpha value is -1.01. The second kappa shape index (κ2) is 6.66. The summed E-state index contributed by atoms with van der Waals surface area (Å²) in [5.74, 6) is 0.756. The van der Waals surface area contributed by atoms with Gasteiger partial charge >= 0.3 is 6.18 Å². The molecule has 1 heterocycles. The molecule has 1 aromatic rings. The molecule has 0 aliphatic carbocycles. The first-order valence-corrected chi connectivity index (χ1v) is 6.00. The van der Waals surface area contributed by atoms with Gasteiger partial charge in [0.15, 0.2) is 0 Å². The zero-order chi connectivity index (χ0) is 12.7. The highest BCUT2D eigenvalue weighted by molar-refractivity contribution is 7.99. The Labute approximate surface area is 102 Å². The standard InChI is InChI=1S/C11H13F3N2S/c1-2-5-15-6-7-17-10-4-3-9(8-16-10)11(12,13)14/h2-4,8,15H,1,5-7H2. The lowest BCUT2D eigenvalue weighted by molar-refractivity contribution is -0.137. The molecule has 0 aliphatic heterocycles. The van der Waals surface area contributed by atoms with E-state index >= 15 is 0 Å². The van der Waals surface area contributed by atoms with Gasteiger partial charge in [0.25, 0.3) is 0 Å². The number of thioether (sulfide) groups is 1. The van der Waals surface area contributed by atoms with Crippen LogP contribution in [0.2, 0.25) is 0 Å². The highest BCUT2D eigenvalue weighted by atomic mass is 32.2. The summed E-state index contributed by atoms with van der Waals surface area (Å²) >= 11 is 1.41. The van der Waals surface area contributed by atoms with E-state index in [-0.39, 0.29) is 0 Å². The molecule has 0 saturated carbocycles. The molecular weight excluding hydrogens is 249 g/mol. The molecule has 0 atom stereocenters. The third-order valence-corrected chi connectivity index (χ3v) is 2.83. The van der Waals surface area contributed by atoms with Crippen molar-refractivity contribution in [3.8, 4) is 0 Å². The van der Waals surface area contributed by atoms with Gasteiger partial charge in [-0.2, -0.15) is 13.2 Å². The number of nitrogens with zero attached hydrogens (tertiary/aromatic N) is 1. The van der Waals surface area contributed by atoms with Gasteiger partial charge in [-0.05, 0) is 12.1 Å². The molecule has 0 fully saturated rings. The lowest BCUT2D eigenvalue weighted by Gasteiger charge is -2.06. The molecule has 0 aliphatic rings. The number of hydrogen-bond acceptors (Lipinski definition) is 3. The highest BCUT2D eigenvalue weighted by Crippen LogP contribution is 2.29. The van der Waals surface area contributed by atoms with Crippen LogP contribution in [0.25, 0.3) is 0 Å². The van der Waals surface area contributed by atoms with Crippen LogP contribution in [-0.4, -0.2) is 23.8 Å². The Morgan fingerprint density at radius 1 is 1.41 bits per heavy atom. The number of halogens is 3. The molecular formula is C11H13F3N2S. The van der Waals surface area contributed by atoms with Gasteiger partial charge in [0.2, 0.25) is 0 Å². The molecule has 0 radical (unpaired) electrons. The minimum Gasteiger partial charge on any atom is -0.312 e. The molecule has 0 unspecified atom stereocenters. The van der Waals surface area contributed by atoms with Crippen molar-refractivity contribution in [2.75, 3.05) is 18.8 Å². The first-order chi connectivity index (χ1) is 8.04. The summed E-state index contributed by atoms with van der Waals surface area (Å²) < 4.78 is 36.7. The van der Waals surface area contributed by atoms with Crippen molar-refractivity contribution >= 4 is 11.8 Å². The molecule has 17 heavy (non-hydrogen) atoms. The minimum absolute atomic E-state index is 0.596. The largest absolute Gasteiger partial charge is 0.417 e. The fourth-order valence-electron chi connectivity index (χ4n) is 1.07. The van der Waals surface area contributed by atoms with Gasteiger partial charge in [-0.3, -0.25) is 0 Å². The average molecular weight is 262 g/mol. The van der Waals surface area contributed by atoms with E-state index in [4.69, 9.17) is 0 Å². The van der Waals surface area contributed by atoms with Gasteiger partial charge in [-0.15, -0.1) is 18.3 Å². The average Bonchev–Trinajstić information content (AvgIpc) is 2.28. The van der Waals surface area contributed by atoms with Gasteiger partial charge in [0.05, 0.1) is 10.6 Å². The molecule has 2 nitrogen and oxygen atoms in total. The van der Waals surface area contributed by atoms with Crippen LogP contribution in [0.4, 0.5) is 13.2 Å². The van der Waals surface area contributed by atoms with E-state index in [9.17, 15) is 13.2 Å². The monoisotopic (exact) mass is 262 g/mol. The van der Waals surface area contributed by atoms with Crippen molar-refractivity contribution in [1.82, 2.24) is 10.3 Å². The molecule has 0 amide bonds. The third kappa shape index (κ3) is 5.23. The van der Waals surface area contributed by atoms with Crippen LogP contribution in [0.15, 0.2) is 36.0 Å². The maximum absolute atomic E-state index is 12.2. The normalized spacial score (nSPS) is 11.5. The van der Waals surface area contributed by atoms with E-state index < -0.39 is 11.7 Å². The summed E-state index contributed by atoms with van der Waals surface area (Å²) in [7, 11) is 0. The third-order valence-electron chi connectivity index (χ3n) is 1.88. The fraction of sp³-hybridized carbons (Fsp3) is 0.364. The second-order valence-electron chi connectivity index (χ2n) is 3.22. The number of aromatic nitrogens is 1. The summed E-state index contributed by atoms with van der Waals surface area (Å²) in [5, 5.41) is 3.69. The van der Waals surface area contributed by atoms with Crippen LogP contribution in [0.3, 0.4) is 0 Å². The molecule has 0 saturated heterocycles. The quantitative estimate of drug-likeness (QED) is 0.484. The predicted molar refractivity (Wildman–Crippen MR) is 63.0 cm³/mol. The zero-order valence-electron chi connectivity index (χ0n) is 9.13. The first kappa shape index (κ1) is 14.1. The Balaban J connectivity index is 2.38. The Kier molecular flexibility index (Phi) is 5.50. The number of alkyl halides is 3. The lowest BCUT2D eigenvalue weighted by atomic mass is 10.3. The van der Waals surface area contributed by atoms with Crippen LogP contribution in [-0.2, 0) is 6.18 Å². The molecule has 1 aromatic heterocycles. The molecule has 94 valence electrons. The van der Waals surface area contributed by atoms with E-state index in [0.29, 0.717) is 5.03 Å². The fourth-order valence-corrected chi connectivity index (χ4v) is 1.81. The zero-order valence-corrected chi connectivity index (χ0v) is 9.94. The van der Waals surface area contributed by atoms with Crippen molar-refractivity contribution in [1.29, 1.82) is 0 Å². The summed E-state index contributed by atoms with van der Waals surface area (Å²) in [6.45, 7) is 5.05. The van der Waals surface area contributed by atoms with E-state index in [1.807, 2.05) is 0 Å². The van der Waals surface area contributed by atoms with Gasteiger partial charge in [0, 0.05) is 25.0 Å². The highest BCUT2D eigenvalue weighted by Gasteiger charge is 2.30. The minimum atomic E-state index is -4.32. The van der Waals surface area contributed by atoms with Crippen molar-refractivity contribution in [2.24, 2.45) is 0 Å². The lowest BCUT2D eigenvalue weighted by Crippen LogP contribution is -2.16. The van der Waals surface area contributed by atoms with Crippen LogP contribution >= 0.6 is 11.8 Å². The van der Waals surface area contributed by atoms with E-state index in [0.717, 1.165) is 31.1 Å². The summed E-state index contributed by atoms with van der Waals surface area (Å²) in [6.07, 6.45) is -1.71. The van der Waals surface area contributed by atoms with Crippen molar-refractivity contribution < 1.29 is 13.2 Å². The molecule has 6 heteroatoms. The van der Waals surface area contributed by atoms with Gasteiger partial charge < -0.3 is 5.32 Å². The van der Waals surface area contributed by atoms with Crippen LogP contribution in [0, 0.1) is 0 Å². The van der Waals surface area contributed by atoms with Crippen LogP contribution in [0.5, 0.6) is 0 Å². The maximum Gasteiger partial charge on any atom is 0.417 e. The maximum atomic E-state index is 12.2. The van der Waals surface area contributed by atoms with Crippen molar-refractivity contribution in [2.45, 2.75) is 11.2 Å². The van der Waals surface area contributed by atoms with Crippen LogP contribution in [0.1, 0.15) is 5.56 Å². The van der Waals surface area contributed by atoms with Crippen LogP contribution < -0.4 is 5.32 Å². The van der Waals surface area contributed by atoms with Gasteiger partial charge in [0.1, 0.15) is 0 Å². The molecule has 1 N–H and O–H groups in total. The second-order valence-corrected chi connectivity index (χ2v) is 4.34. The molecule has 0 bridgehead atoms. The Morgan fingerprint density at radius 3 is 2.71 bits per heavy atom. The van der Waals surface area contributed by atoms with E-state index in [2.05, 4.69) is 16.9 Å². The van der Waals surface area contributed by atoms with E-state index in [1.54, 1.807) is 6.08 Å². The number of rotatable bonds is 6. The Morgan fingerprint density at radius 2 is 2.18 bits per heavy atom. The smallest absolute Gasteiger partial charge is 0.312 e. The number of pyridine rings is 1. The van der Waals surface area contributed by atoms with Crippen molar-refractivity contribution in [3.63, 3.8) is 0 Å². The molecule has 0 spiro atoms. The topological polar surface area (TPSA) is 24.9 Å². The van der Waals surface area contributed by atoms with E-state index in [1.165, 1.54) is 17.8 Å². The SMILES string of the molecule is C=CCNCCSc1ccc(C(F)(F)F)cn1. The molecule has 0 aromatic carbocycles. The summed E-state index contributed by atoms with van der Waals surface area (Å²) in [5.41, 5.74) is -0.716. The first-order valence-electron chi connectivity index (χ1n) is 5.01. The molecule has 1 rings (SSSR count).